The molecule has 1 fully saturated rings. The van der Waals surface area contributed by atoms with Crippen molar-refractivity contribution in [1.82, 2.24) is 29.5 Å². The third kappa shape index (κ3) is 3.08. The SMILES string of the molecule is O=c1[nH]cc(-c2cc([C@H]3C[C@@H]3c3ccnc(C(F)(F)F)c3)c3nccn3n2)c(=O)[nH]1. The Bertz CT molecular complexity index is 1390. The maximum absolute atomic E-state index is 13.0. The van der Waals surface area contributed by atoms with Crippen LogP contribution >= 0.6 is 0 Å². The highest BCUT2D eigenvalue weighted by atomic mass is 19.4. The summed E-state index contributed by atoms with van der Waals surface area (Å²) >= 11 is 0. The number of halogens is 3. The maximum Gasteiger partial charge on any atom is 0.433 e. The first-order valence-electron chi connectivity index (χ1n) is 9.01. The lowest BCUT2D eigenvalue weighted by atomic mass is 10.0. The van der Waals surface area contributed by atoms with Crippen LogP contribution < -0.4 is 11.2 Å². The molecule has 2 atom stereocenters. The third-order valence-corrected chi connectivity index (χ3v) is 5.18. The van der Waals surface area contributed by atoms with Crippen molar-refractivity contribution in [3.8, 4) is 11.3 Å². The van der Waals surface area contributed by atoms with Gasteiger partial charge < -0.3 is 4.98 Å². The van der Waals surface area contributed by atoms with Gasteiger partial charge in [-0.05, 0) is 42.0 Å². The predicted molar refractivity (Wildman–Crippen MR) is 99.0 cm³/mol. The molecule has 8 nitrogen and oxygen atoms in total. The van der Waals surface area contributed by atoms with Crippen molar-refractivity contribution < 1.29 is 13.2 Å². The highest BCUT2D eigenvalue weighted by molar-refractivity contribution is 5.63. The van der Waals surface area contributed by atoms with Crippen molar-refractivity contribution in [2.24, 2.45) is 0 Å². The number of H-pyrrole nitrogens is 2. The number of aromatic amines is 2. The summed E-state index contributed by atoms with van der Waals surface area (Å²) in [5, 5.41) is 4.36. The molecule has 4 aromatic rings. The van der Waals surface area contributed by atoms with Crippen LogP contribution in [0.15, 0.2) is 52.6 Å². The number of pyridine rings is 1. The van der Waals surface area contributed by atoms with Crippen LogP contribution in [0.2, 0.25) is 0 Å². The van der Waals surface area contributed by atoms with E-state index in [1.54, 1.807) is 24.5 Å². The second-order valence-electron chi connectivity index (χ2n) is 7.09. The molecule has 1 saturated carbocycles. The second kappa shape index (κ2) is 6.37. The Morgan fingerprint density at radius 3 is 2.70 bits per heavy atom. The van der Waals surface area contributed by atoms with Gasteiger partial charge in [0.25, 0.3) is 5.56 Å². The van der Waals surface area contributed by atoms with Crippen LogP contribution in [-0.2, 0) is 6.18 Å². The lowest BCUT2D eigenvalue weighted by molar-refractivity contribution is -0.141. The van der Waals surface area contributed by atoms with E-state index < -0.39 is 23.1 Å². The number of alkyl halides is 3. The normalized spacial score (nSPS) is 18.6. The highest BCUT2D eigenvalue weighted by Gasteiger charge is 2.43. The fraction of sp³-hybridized carbons (Fsp3) is 0.211. The summed E-state index contributed by atoms with van der Waals surface area (Å²) in [4.78, 5) is 35.7. The standard InChI is InChI=1S/C19H13F3N6O2/c20-19(21,22)15-5-9(1-2-23-15)10-6-11(10)12-7-14(27-28-4-3-24-16(12)28)13-8-25-18(30)26-17(13)29/h1-5,7-8,10-11H,6H2,(H2,25,26,29,30)/t10-,11+/m1/s1. The van der Waals surface area contributed by atoms with Gasteiger partial charge in [-0.15, -0.1) is 0 Å². The van der Waals surface area contributed by atoms with Crippen molar-refractivity contribution in [3.05, 3.63) is 80.6 Å². The van der Waals surface area contributed by atoms with E-state index in [-0.39, 0.29) is 17.4 Å². The topological polar surface area (TPSA) is 109 Å². The molecule has 1 aliphatic carbocycles. The molecule has 0 spiro atoms. The van der Waals surface area contributed by atoms with Crippen LogP contribution in [-0.4, -0.2) is 29.5 Å². The molecular formula is C19H13F3N6O2. The van der Waals surface area contributed by atoms with Crippen LogP contribution in [0.3, 0.4) is 0 Å². The van der Waals surface area contributed by atoms with E-state index in [4.69, 9.17) is 0 Å². The number of nitrogens with zero attached hydrogens (tertiary/aromatic N) is 4. The number of rotatable bonds is 3. The van der Waals surface area contributed by atoms with Gasteiger partial charge >= 0.3 is 11.9 Å². The number of aromatic nitrogens is 6. The zero-order chi connectivity index (χ0) is 21.0. The zero-order valence-electron chi connectivity index (χ0n) is 15.1. The first kappa shape index (κ1) is 18.3. The van der Waals surface area contributed by atoms with Crippen LogP contribution in [0.25, 0.3) is 16.9 Å². The minimum Gasteiger partial charge on any atom is -0.313 e. The summed E-state index contributed by atoms with van der Waals surface area (Å²) < 4.78 is 40.5. The van der Waals surface area contributed by atoms with Gasteiger partial charge in [0.2, 0.25) is 0 Å². The Morgan fingerprint density at radius 2 is 1.93 bits per heavy atom. The minimum absolute atomic E-state index is 0.0815. The Morgan fingerprint density at radius 1 is 1.10 bits per heavy atom. The molecule has 0 aromatic carbocycles. The molecule has 30 heavy (non-hydrogen) atoms. The predicted octanol–water partition coefficient (Wildman–Crippen LogP) is 2.46. The summed E-state index contributed by atoms with van der Waals surface area (Å²) in [6.45, 7) is 0. The highest BCUT2D eigenvalue weighted by Crippen LogP contribution is 2.55. The van der Waals surface area contributed by atoms with Crippen LogP contribution in [0.4, 0.5) is 13.2 Å². The number of hydrogen-bond acceptors (Lipinski definition) is 5. The van der Waals surface area contributed by atoms with Gasteiger partial charge in [0, 0.05) is 30.4 Å². The molecule has 11 heteroatoms. The van der Waals surface area contributed by atoms with Gasteiger partial charge in [-0.3, -0.25) is 14.8 Å². The van der Waals surface area contributed by atoms with Crippen LogP contribution in [0, 0.1) is 0 Å². The Hall–Kier alpha value is -3.76. The first-order chi connectivity index (χ1) is 14.3. The zero-order valence-corrected chi connectivity index (χ0v) is 15.1. The number of imidazole rings is 1. The first-order valence-corrected chi connectivity index (χ1v) is 9.01. The molecular weight excluding hydrogens is 401 g/mol. The van der Waals surface area contributed by atoms with Gasteiger partial charge in [-0.2, -0.15) is 18.3 Å². The quantitative estimate of drug-likeness (QED) is 0.535. The van der Waals surface area contributed by atoms with E-state index in [2.05, 4.69) is 25.0 Å². The molecule has 4 heterocycles. The Kier molecular flexibility index (Phi) is 3.88. The second-order valence-corrected chi connectivity index (χ2v) is 7.09. The third-order valence-electron chi connectivity index (χ3n) is 5.18. The molecule has 0 saturated heterocycles. The minimum atomic E-state index is -4.51. The van der Waals surface area contributed by atoms with Gasteiger partial charge in [0.15, 0.2) is 5.65 Å². The molecule has 0 radical (unpaired) electrons. The van der Waals surface area contributed by atoms with E-state index in [1.807, 2.05) is 0 Å². The Labute approximate surface area is 165 Å². The lowest BCUT2D eigenvalue weighted by Gasteiger charge is -2.09. The van der Waals surface area contributed by atoms with Crippen molar-refractivity contribution >= 4 is 5.65 Å². The van der Waals surface area contributed by atoms with Gasteiger partial charge in [-0.25, -0.2) is 14.3 Å². The largest absolute Gasteiger partial charge is 0.433 e. The van der Waals surface area contributed by atoms with E-state index >= 15 is 0 Å². The Balaban J connectivity index is 1.57. The van der Waals surface area contributed by atoms with E-state index in [9.17, 15) is 22.8 Å². The molecule has 152 valence electrons. The summed E-state index contributed by atoms with van der Waals surface area (Å²) in [5.41, 5.74) is 0.236. The molecule has 1 aliphatic rings. The fourth-order valence-electron chi connectivity index (χ4n) is 3.69. The fourth-order valence-corrected chi connectivity index (χ4v) is 3.69. The summed E-state index contributed by atoms with van der Waals surface area (Å²) in [5.74, 6) is -0.208. The molecule has 2 N–H and O–H groups in total. The molecule has 0 bridgehead atoms. The summed E-state index contributed by atoms with van der Waals surface area (Å²) in [6, 6.07) is 4.35. The average molecular weight is 414 g/mol. The molecule has 5 rings (SSSR count). The molecule has 4 aromatic heterocycles. The van der Waals surface area contributed by atoms with Crippen LogP contribution in [0.5, 0.6) is 0 Å². The molecule has 0 amide bonds. The van der Waals surface area contributed by atoms with Crippen molar-refractivity contribution in [2.45, 2.75) is 24.4 Å². The van der Waals surface area contributed by atoms with Gasteiger partial charge in [0.05, 0.1) is 11.3 Å². The van der Waals surface area contributed by atoms with Gasteiger partial charge in [0.1, 0.15) is 5.69 Å². The molecule has 0 unspecified atom stereocenters. The van der Waals surface area contributed by atoms with E-state index in [1.165, 1.54) is 10.7 Å². The maximum atomic E-state index is 13.0. The molecule has 0 aliphatic heterocycles. The monoisotopic (exact) mass is 414 g/mol. The van der Waals surface area contributed by atoms with E-state index in [0.29, 0.717) is 23.3 Å². The summed E-state index contributed by atoms with van der Waals surface area (Å²) in [7, 11) is 0. The van der Waals surface area contributed by atoms with Crippen LogP contribution in [0.1, 0.15) is 35.1 Å². The van der Waals surface area contributed by atoms with Crippen molar-refractivity contribution in [3.63, 3.8) is 0 Å². The number of hydrogen-bond donors (Lipinski definition) is 2. The van der Waals surface area contributed by atoms with Crippen molar-refractivity contribution in [2.75, 3.05) is 0 Å². The van der Waals surface area contributed by atoms with Gasteiger partial charge in [-0.1, -0.05) is 0 Å². The van der Waals surface area contributed by atoms with E-state index in [0.717, 1.165) is 17.8 Å². The van der Waals surface area contributed by atoms with Crippen molar-refractivity contribution in [1.29, 1.82) is 0 Å². The summed E-state index contributed by atoms with van der Waals surface area (Å²) in [6.07, 6.45) is 1.74. The smallest absolute Gasteiger partial charge is 0.313 e. The lowest BCUT2D eigenvalue weighted by Crippen LogP contribution is -2.23. The number of nitrogens with one attached hydrogen (secondary N) is 2. The average Bonchev–Trinajstić information content (AvgIpc) is 3.35. The number of fused-ring (bicyclic) bond motifs is 1.